The van der Waals surface area contributed by atoms with Crippen LogP contribution in [0.15, 0.2) is 0 Å². The minimum Gasteiger partial charge on any atom is -0.377 e. The molecule has 0 aliphatic carbocycles. The summed E-state index contributed by atoms with van der Waals surface area (Å²) in [6.07, 6.45) is 0.573. The fraction of sp³-hybridized carbons (Fsp3) is 0.909. The van der Waals surface area contributed by atoms with Crippen LogP contribution in [0.25, 0.3) is 0 Å². The molecule has 0 aromatic heterocycles. The lowest BCUT2D eigenvalue weighted by Crippen LogP contribution is -2.52. The normalized spacial score (nSPS) is 22.9. The maximum absolute atomic E-state index is 12.0. The lowest BCUT2D eigenvalue weighted by Gasteiger charge is -2.36. The predicted octanol–water partition coefficient (Wildman–Crippen LogP) is 0.609. The van der Waals surface area contributed by atoms with Crippen LogP contribution in [0, 0.1) is 5.41 Å². The summed E-state index contributed by atoms with van der Waals surface area (Å²) in [5.41, 5.74) is 5.66. The molecule has 0 aromatic rings. The molecule has 1 fully saturated rings. The fourth-order valence-corrected chi connectivity index (χ4v) is 1.73. The quantitative estimate of drug-likeness (QED) is 0.732. The van der Waals surface area contributed by atoms with Gasteiger partial charge in [0.05, 0.1) is 19.3 Å². The Kier molecular flexibility index (Phi) is 4.11. The van der Waals surface area contributed by atoms with Crippen molar-refractivity contribution in [2.75, 3.05) is 26.3 Å². The average molecular weight is 214 g/mol. The average Bonchev–Trinajstić information content (AvgIpc) is 2.15. The van der Waals surface area contributed by atoms with Crippen molar-refractivity contribution in [2.24, 2.45) is 11.1 Å². The summed E-state index contributed by atoms with van der Waals surface area (Å²) in [6, 6.07) is 0.0635. The number of hydrogen-bond acceptors (Lipinski definition) is 3. The highest BCUT2D eigenvalue weighted by Crippen LogP contribution is 2.21. The lowest BCUT2D eigenvalue weighted by atomic mass is 9.91. The summed E-state index contributed by atoms with van der Waals surface area (Å²) in [6.45, 7) is 8.58. The Morgan fingerprint density at radius 2 is 2.20 bits per heavy atom. The van der Waals surface area contributed by atoms with Crippen molar-refractivity contribution >= 4 is 5.91 Å². The molecule has 1 atom stereocenters. The number of nitrogens with zero attached hydrogens (tertiary/aromatic N) is 1. The van der Waals surface area contributed by atoms with Crippen molar-refractivity contribution in [3.63, 3.8) is 0 Å². The number of carbonyl (C=O) groups excluding carboxylic acids is 1. The largest absolute Gasteiger partial charge is 0.377 e. The van der Waals surface area contributed by atoms with Gasteiger partial charge in [0.15, 0.2) is 0 Å². The first-order valence-electron chi connectivity index (χ1n) is 5.51. The minimum atomic E-state index is 0.0362. The molecule has 1 saturated heterocycles. The van der Waals surface area contributed by atoms with Crippen molar-refractivity contribution in [3.05, 3.63) is 0 Å². The molecule has 0 radical (unpaired) electrons. The van der Waals surface area contributed by atoms with Gasteiger partial charge in [-0.1, -0.05) is 20.8 Å². The van der Waals surface area contributed by atoms with E-state index in [1.165, 1.54) is 0 Å². The van der Waals surface area contributed by atoms with Gasteiger partial charge < -0.3 is 15.4 Å². The number of rotatable bonds is 2. The Labute approximate surface area is 91.8 Å². The van der Waals surface area contributed by atoms with Gasteiger partial charge in [0.25, 0.3) is 0 Å². The molecule has 0 aromatic carbocycles. The molecule has 1 aliphatic rings. The second kappa shape index (κ2) is 4.94. The van der Waals surface area contributed by atoms with E-state index >= 15 is 0 Å². The van der Waals surface area contributed by atoms with Crippen molar-refractivity contribution in [1.29, 1.82) is 0 Å². The molecule has 0 saturated carbocycles. The SMILES string of the molecule is CC(C)(C)CC(=O)N1CCOCC1CN. The summed E-state index contributed by atoms with van der Waals surface area (Å²) in [5.74, 6) is 0.196. The summed E-state index contributed by atoms with van der Waals surface area (Å²) in [7, 11) is 0. The standard InChI is InChI=1S/C11H22N2O2/c1-11(2,3)6-10(14)13-4-5-15-8-9(13)7-12/h9H,4-8,12H2,1-3H3. The zero-order chi connectivity index (χ0) is 11.5. The van der Waals surface area contributed by atoms with Crippen LogP contribution in [0.3, 0.4) is 0 Å². The molecule has 1 aliphatic heterocycles. The van der Waals surface area contributed by atoms with Crippen LogP contribution in [-0.2, 0) is 9.53 Å². The Morgan fingerprint density at radius 1 is 1.53 bits per heavy atom. The monoisotopic (exact) mass is 214 g/mol. The summed E-state index contributed by atoms with van der Waals surface area (Å²) < 4.78 is 5.31. The maximum Gasteiger partial charge on any atom is 0.223 e. The van der Waals surface area contributed by atoms with Crippen molar-refractivity contribution in [2.45, 2.75) is 33.2 Å². The van der Waals surface area contributed by atoms with Gasteiger partial charge in [0.2, 0.25) is 5.91 Å². The number of morpholine rings is 1. The number of carbonyl (C=O) groups is 1. The molecule has 88 valence electrons. The highest BCUT2D eigenvalue weighted by Gasteiger charge is 2.28. The second-order valence-corrected chi connectivity index (χ2v) is 5.29. The van der Waals surface area contributed by atoms with Crippen LogP contribution < -0.4 is 5.73 Å². The molecule has 2 N–H and O–H groups in total. The van der Waals surface area contributed by atoms with E-state index < -0.39 is 0 Å². The van der Waals surface area contributed by atoms with E-state index in [4.69, 9.17) is 10.5 Å². The van der Waals surface area contributed by atoms with Crippen LogP contribution in [-0.4, -0.2) is 43.2 Å². The predicted molar refractivity (Wildman–Crippen MR) is 59.4 cm³/mol. The topological polar surface area (TPSA) is 55.6 Å². The first-order valence-corrected chi connectivity index (χ1v) is 5.51. The van der Waals surface area contributed by atoms with Gasteiger partial charge in [-0.25, -0.2) is 0 Å². The summed E-state index contributed by atoms with van der Waals surface area (Å²) in [4.78, 5) is 13.9. The Bertz CT molecular complexity index is 223. The van der Waals surface area contributed by atoms with Gasteiger partial charge in [-0.3, -0.25) is 4.79 Å². The Morgan fingerprint density at radius 3 is 2.73 bits per heavy atom. The third-order valence-corrected chi connectivity index (χ3v) is 2.50. The van der Waals surface area contributed by atoms with E-state index in [0.29, 0.717) is 32.7 Å². The van der Waals surface area contributed by atoms with Gasteiger partial charge in [0, 0.05) is 19.5 Å². The first-order chi connectivity index (χ1) is 6.94. The number of hydrogen-bond donors (Lipinski definition) is 1. The minimum absolute atomic E-state index is 0.0362. The second-order valence-electron chi connectivity index (χ2n) is 5.29. The smallest absolute Gasteiger partial charge is 0.223 e. The van der Waals surface area contributed by atoms with Gasteiger partial charge in [0.1, 0.15) is 0 Å². The molecular formula is C11H22N2O2. The molecule has 1 heterocycles. The zero-order valence-electron chi connectivity index (χ0n) is 9.95. The van der Waals surface area contributed by atoms with Gasteiger partial charge in [-0.15, -0.1) is 0 Å². The highest BCUT2D eigenvalue weighted by atomic mass is 16.5. The van der Waals surface area contributed by atoms with E-state index in [0.717, 1.165) is 0 Å². The summed E-state index contributed by atoms with van der Waals surface area (Å²) >= 11 is 0. The summed E-state index contributed by atoms with van der Waals surface area (Å²) in [5, 5.41) is 0. The maximum atomic E-state index is 12.0. The third kappa shape index (κ3) is 3.80. The van der Waals surface area contributed by atoms with Crippen LogP contribution in [0.4, 0.5) is 0 Å². The lowest BCUT2D eigenvalue weighted by molar-refractivity contribution is -0.141. The molecular weight excluding hydrogens is 192 g/mol. The Balaban J connectivity index is 2.56. The van der Waals surface area contributed by atoms with E-state index in [1.807, 2.05) is 4.90 Å². The van der Waals surface area contributed by atoms with E-state index in [9.17, 15) is 4.79 Å². The highest BCUT2D eigenvalue weighted by molar-refractivity contribution is 5.77. The van der Waals surface area contributed by atoms with Gasteiger partial charge >= 0.3 is 0 Å². The van der Waals surface area contributed by atoms with E-state index in [2.05, 4.69) is 20.8 Å². The zero-order valence-corrected chi connectivity index (χ0v) is 9.95. The van der Waals surface area contributed by atoms with Crippen molar-refractivity contribution < 1.29 is 9.53 Å². The number of nitrogens with two attached hydrogens (primary N) is 1. The molecule has 15 heavy (non-hydrogen) atoms. The number of amides is 1. The van der Waals surface area contributed by atoms with Gasteiger partial charge in [-0.2, -0.15) is 0 Å². The van der Waals surface area contributed by atoms with Crippen LogP contribution in [0.5, 0.6) is 0 Å². The van der Waals surface area contributed by atoms with Crippen molar-refractivity contribution in [3.8, 4) is 0 Å². The molecule has 1 rings (SSSR count). The van der Waals surface area contributed by atoms with Crippen LogP contribution in [0.1, 0.15) is 27.2 Å². The van der Waals surface area contributed by atoms with Gasteiger partial charge in [-0.05, 0) is 5.41 Å². The first kappa shape index (κ1) is 12.5. The van der Waals surface area contributed by atoms with E-state index in [1.54, 1.807) is 0 Å². The third-order valence-electron chi connectivity index (χ3n) is 2.50. The molecule has 4 heteroatoms. The molecule has 1 amide bonds. The molecule has 0 spiro atoms. The Hall–Kier alpha value is -0.610. The van der Waals surface area contributed by atoms with Crippen LogP contribution >= 0.6 is 0 Å². The molecule has 4 nitrogen and oxygen atoms in total. The molecule has 1 unspecified atom stereocenters. The van der Waals surface area contributed by atoms with Crippen molar-refractivity contribution in [1.82, 2.24) is 4.90 Å². The van der Waals surface area contributed by atoms with Crippen LogP contribution in [0.2, 0.25) is 0 Å². The number of ether oxygens (including phenoxy) is 1. The van der Waals surface area contributed by atoms with E-state index in [-0.39, 0.29) is 17.4 Å². The fourth-order valence-electron chi connectivity index (χ4n) is 1.73. The molecule has 0 bridgehead atoms.